The van der Waals surface area contributed by atoms with E-state index in [2.05, 4.69) is 9.80 Å². The van der Waals surface area contributed by atoms with Crippen LogP contribution in [0.3, 0.4) is 0 Å². The normalized spacial score (nSPS) is 15.1. The molecule has 0 unspecified atom stereocenters. The predicted octanol–water partition coefficient (Wildman–Crippen LogP) is 7.05. The first kappa shape index (κ1) is 42.6. The Hall–Kier alpha value is -4.18. The van der Waals surface area contributed by atoms with Gasteiger partial charge in [0, 0.05) is 49.1 Å². The minimum Gasteiger partial charge on any atom is -0.507 e. The molecule has 0 atom stereocenters. The summed E-state index contributed by atoms with van der Waals surface area (Å²) in [6.07, 6.45) is -3.48. The van der Waals surface area contributed by atoms with Crippen molar-refractivity contribution in [2.45, 2.75) is 36.2 Å². The molecule has 1 saturated heterocycles. The van der Waals surface area contributed by atoms with Crippen molar-refractivity contribution in [1.29, 1.82) is 0 Å². The molecule has 4 aromatic rings. The number of carbonyl (C=O) groups is 2. The van der Waals surface area contributed by atoms with Crippen molar-refractivity contribution in [2.24, 2.45) is 0 Å². The summed E-state index contributed by atoms with van der Waals surface area (Å²) in [5, 5.41) is 49.2. The molecule has 290 valence electrons. The average Bonchev–Trinajstić information content (AvgIpc) is 3.10. The zero-order valence-electron chi connectivity index (χ0n) is 29.3. The van der Waals surface area contributed by atoms with Crippen LogP contribution in [0.2, 0.25) is 0 Å². The van der Waals surface area contributed by atoms with E-state index in [1.54, 1.807) is 6.07 Å². The van der Waals surface area contributed by atoms with Crippen LogP contribution in [-0.2, 0) is 6.18 Å². The summed E-state index contributed by atoms with van der Waals surface area (Å²) in [4.78, 5) is 33.8. The Kier molecular flexibility index (Phi) is 13.5. The summed E-state index contributed by atoms with van der Waals surface area (Å²) in [6, 6.07) is 14.3. The number of hydrogen-bond acceptors (Lipinski definition) is 11. The van der Waals surface area contributed by atoms with Gasteiger partial charge >= 0.3 is 6.18 Å². The number of aliphatic hydroxyl groups is 1. The Morgan fingerprint density at radius 1 is 0.667 bits per heavy atom. The van der Waals surface area contributed by atoms with Crippen molar-refractivity contribution in [2.75, 3.05) is 57.3 Å². The summed E-state index contributed by atoms with van der Waals surface area (Å²) >= 11 is 1.53. The van der Waals surface area contributed by atoms with Gasteiger partial charge in [0.1, 0.15) is 23.0 Å². The van der Waals surface area contributed by atoms with Crippen molar-refractivity contribution in [1.82, 2.24) is 9.80 Å². The topological polar surface area (TPSA) is 145 Å². The van der Waals surface area contributed by atoms with Crippen molar-refractivity contribution < 1.29 is 48.3 Å². The van der Waals surface area contributed by atoms with Crippen LogP contribution in [0.1, 0.15) is 55.0 Å². The van der Waals surface area contributed by atoms with Gasteiger partial charge in [-0.3, -0.25) is 14.5 Å². The van der Waals surface area contributed by atoms with Crippen LogP contribution in [-0.4, -0.2) is 99.3 Å². The molecule has 2 heterocycles. The number of carbonyl (C=O) groups excluding carboxylic acids is 2. The second-order valence-corrected chi connectivity index (χ2v) is 14.0. The highest BCUT2D eigenvalue weighted by Crippen LogP contribution is 2.50. The second-order valence-electron chi connectivity index (χ2n) is 12.9. The molecule has 0 spiro atoms. The van der Waals surface area contributed by atoms with Gasteiger partial charge in [0.05, 0.1) is 45.8 Å². The first-order chi connectivity index (χ1) is 24.7. The van der Waals surface area contributed by atoms with E-state index in [9.17, 15) is 43.2 Å². The molecule has 0 radical (unpaired) electrons. The molecule has 5 N–H and O–H groups in total. The number of nitrogens with zero attached hydrogens (tertiary/aromatic N) is 3. The molecule has 1 fully saturated rings. The maximum absolute atomic E-state index is 13.3. The fourth-order valence-corrected chi connectivity index (χ4v) is 7.88. The lowest BCUT2D eigenvalue weighted by molar-refractivity contribution is -0.137. The number of aliphatic hydroxyl groups excluding tert-OH is 1. The number of phenols is 4. The molecule has 54 heavy (non-hydrogen) atoms. The van der Waals surface area contributed by atoms with Gasteiger partial charge in [-0.1, -0.05) is 23.9 Å². The third kappa shape index (κ3) is 8.24. The number of para-hydroxylation sites is 1. The summed E-state index contributed by atoms with van der Waals surface area (Å²) in [5.74, 6) is -3.44. The second kappa shape index (κ2) is 17.1. The van der Waals surface area contributed by atoms with Crippen LogP contribution in [0.25, 0.3) is 0 Å². The van der Waals surface area contributed by atoms with Crippen molar-refractivity contribution >= 4 is 59.5 Å². The molecule has 0 amide bonds. The van der Waals surface area contributed by atoms with Gasteiger partial charge in [-0.05, 0) is 80.4 Å². The Morgan fingerprint density at radius 3 is 1.69 bits per heavy atom. The van der Waals surface area contributed by atoms with Crippen LogP contribution >= 0.6 is 36.6 Å². The number of rotatable bonds is 6. The van der Waals surface area contributed by atoms with Gasteiger partial charge in [-0.2, -0.15) is 13.2 Å². The molecule has 7 rings (SSSR count). The van der Waals surface area contributed by atoms with Crippen LogP contribution in [0, 0.1) is 13.8 Å². The average molecular weight is 811 g/mol. The lowest BCUT2D eigenvalue weighted by Crippen LogP contribution is -2.47. The Labute approximate surface area is 326 Å². The molecule has 1 aliphatic carbocycles. The van der Waals surface area contributed by atoms with E-state index in [0.717, 1.165) is 66.8 Å². The number of aromatic hydroxyl groups is 4. The van der Waals surface area contributed by atoms with Crippen LogP contribution < -0.4 is 4.90 Å². The Bertz CT molecular complexity index is 1990. The Balaban J connectivity index is 0.000000242. The van der Waals surface area contributed by atoms with E-state index in [0.29, 0.717) is 18.8 Å². The smallest absolute Gasteiger partial charge is 0.416 e. The molecule has 0 bridgehead atoms. The van der Waals surface area contributed by atoms with E-state index in [1.165, 1.54) is 37.7 Å². The molecular weight excluding hydrogens is 770 g/mol. The predicted molar refractivity (Wildman–Crippen MR) is 204 cm³/mol. The van der Waals surface area contributed by atoms with Crippen molar-refractivity contribution in [3.63, 3.8) is 0 Å². The molecule has 2 aliphatic heterocycles. The number of β-amino-alcohol motifs (C(OH)–C–C–N with tert-alkyl or cyclic N) is 1. The van der Waals surface area contributed by atoms with E-state index < -0.39 is 46.3 Å². The van der Waals surface area contributed by atoms with Crippen LogP contribution in [0.15, 0.2) is 64.4 Å². The number of anilines is 2. The quantitative estimate of drug-likeness (QED) is 0.113. The van der Waals surface area contributed by atoms with Gasteiger partial charge in [-0.25, -0.2) is 0 Å². The van der Waals surface area contributed by atoms with Crippen molar-refractivity contribution in [3.05, 3.63) is 93.5 Å². The maximum Gasteiger partial charge on any atom is 0.416 e. The first-order valence-corrected chi connectivity index (χ1v) is 17.5. The number of benzene rings is 4. The summed E-state index contributed by atoms with van der Waals surface area (Å²) in [6.45, 7) is 9.23. The molecule has 0 aromatic heterocycles. The highest BCUT2D eigenvalue weighted by molar-refractivity contribution is 7.99. The summed E-state index contributed by atoms with van der Waals surface area (Å²) < 4.78 is 39.9. The van der Waals surface area contributed by atoms with Gasteiger partial charge in [0.25, 0.3) is 0 Å². The molecular formula is C38H40Cl2F3N3O7S. The monoisotopic (exact) mass is 809 g/mol. The largest absolute Gasteiger partial charge is 0.507 e. The van der Waals surface area contributed by atoms with E-state index in [4.69, 9.17) is 5.11 Å². The van der Waals surface area contributed by atoms with Gasteiger partial charge in [0.2, 0.25) is 11.6 Å². The zero-order chi connectivity index (χ0) is 37.5. The first-order valence-electron chi connectivity index (χ1n) is 16.7. The molecule has 10 nitrogen and oxygen atoms in total. The number of ketones is 2. The number of hydrogen-bond donors (Lipinski definition) is 5. The van der Waals surface area contributed by atoms with Gasteiger partial charge < -0.3 is 35.3 Å². The van der Waals surface area contributed by atoms with E-state index >= 15 is 0 Å². The Morgan fingerprint density at radius 2 is 1.17 bits per heavy atom. The molecule has 0 saturated carbocycles. The summed E-state index contributed by atoms with van der Waals surface area (Å²) in [7, 11) is 0. The SMILES string of the molecule is Cc1cc(O)c2c(c1O)C(=O)c1c(O)cc(C)c(O)c1C2=O.Cl.Cl.OCCN1CCN(CCCN2c3ccccc3Sc3ccc(C(F)(F)F)cc32)CC1. The number of fused-ring (bicyclic) bond motifs is 4. The molecule has 4 aromatic carbocycles. The lowest BCUT2D eigenvalue weighted by Gasteiger charge is -2.36. The number of halogens is 5. The number of phenolic OH excluding ortho intramolecular Hbond substituents is 4. The third-order valence-corrected chi connectivity index (χ3v) is 10.7. The summed E-state index contributed by atoms with van der Waals surface area (Å²) in [5.41, 5.74) is -0.0353. The fourth-order valence-electron chi connectivity index (χ4n) is 6.81. The number of piperazine rings is 1. The fraction of sp³-hybridized carbons (Fsp3) is 0.316. The van der Waals surface area contributed by atoms with Gasteiger partial charge in [0.15, 0.2) is 0 Å². The van der Waals surface area contributed by atoms with Crippen LogP contribution in [0.4, 0.5) is 24.5 Å². The number of alkyl halides is 3. The third-order valence-electron chi connectivity index (χ3n) is 9.54. The zero-order valence-corrected chi connectivity index (χ0v) is 31.8. The molecule has 3 aliphatic rings. The highest BCUT2D eigenvalue weighted by Gasteiger charge is 2.39. The van der Waals surface area contributed by atoms with Gasteiger partial charge in [-0.15, -0.1) is 24.8 Å². The van der Waals surface area contributed by atoms with Crippen LogP contribution in [0.5, 0.6) is 23.0 Å². The standard InChI is InChI=1S/C22H26F3N3OS.C16H12O6.2ClH/c23-22(24,25)17-6-7-21-19(16-17)28(18-4-1-2-5-20(18)30-21)9-3-8-26-10-12-27(13-11-26)14-15-29;1-5-3-7(17)9-11(13(5)19)15(21)10-8(18)4-6(2)14(20)12(10)16(9)22;;/h1-2,4-7,16,29H,3,8-15H2;3-4,17-20H,1-2H3;2*1H. The highest BCUT2D eigenvalue weighted by atomic mass is 35.5. The maximum atomic E-state index is 13.3. The van der Waals surface area contributed by atoms with Crippen molar-refractivity contribution in [3.8, 4) is 23.0 Å². The van der Waals surface area contributed by atoms with E-state index in [1.807, 2.05) is 29.2 Å². The minimum absolute atomic E-state index is 0. The molecule has 16 heteroatoms. The van der Waals surface area contributed by atoms with E-state index in [-0.39, 0.29) is 64.8 Å². The lowest BCUT2D eigenvalue weighted by atomic mass is 9.80. The number of aryl methyl sites for hydroxylation is 2. The minimum atomic E-state index is -4.35.